The molecule has 1 aromatic carbocycles. The molecule has 0 bridgehead atoms. The first kappa shape index (κ1) is 13.1. The number of imidazole rings is 1. The number of fused-ring (bicyclic) bond motifs is 1. The van der Waals surface area contributed by atoms with Crippen molar-refractivity contribution in [2.24, 2.45) is 5.92 Å². The maximum Gasteiger partial charge on any atom is 0.178 e. The van der Waals surface area contributed by atoms with Crippen molar-refractivity contribution in [2.45, 2.75) is 33.2 Å². The van der Waals surface area contributed by atoms with Crippen LogP contribution in [-0.4, -0.2) is 16.7 Å². The molecule has 0 saturated carbocycles. The lowest BCUT2D eigenvalue weighted by molar-refractivity contribution is 0.370. The highest BCUT2D eigenvalue weighted by Gasteiger charge is 2.17. The van der Waals surface area contributed by atoms with E-state index in [1.807, 2.05) is 18.2 Å². The molecular formula is C14H20N2OS. The number of H-pyrrole nitrogens is 1. The van der Waals surface area contributed by atoms with Crippen molar-refractivity contribution in [3.05, 3.63) is 23.0 Å². The van der Waals surface area contributed by atoms with Crippen LogP contribution in [0.2, 0.25) is 0 Å². The van der Waals surface area contributed by atoms with Gasteiger partial charge in [-0.15, -0.1) is 0 Å². The molecule has 2 aromatic rings. The Balaban J connectivity index is 2.68. The van der Waals surface area contributed by atoms with Crippen LogP contribution in [0.4, 0.5) is 0 Å². The molecule has 1 atom stereocenters. The highest BCUT2D eigenvalue weighted by molar-refractivity contribution is 7.71. The van der Waals surface area contributed by atoms with Gasteiger partial charge in [-0.2, -0.15) is 0 Å². The largest absolute Gasteiger partial charge is 0.497 e. The fourth-order valence-corrected chi connectivity index (χ4v) is 2.85. The summed E-state index contributed by atoms with van der Waals surface area (Å²) in [6.45, 7) is 6.66. The lowest BCUT2D eigenvalue weighted by Crippen LogP contribution is -2.14. The van der Waals surface area contributed by atoms with Crippen LogP contribution in [0.25, 0.3) is 11.0 Å². The number of aromatic amines is 1. The van der Waals surface area contributed by atoms with Gasteiger partial charge in [0.05, 0.1) is 18.1 Å². The fourth-order valence-electron chi connectivity index (χ4n) is 2.51. The molecule has 1 unspecified atom stereocenters. The molecule has 0 aliphatic rings. The molecule has 3 nitrogen and oxygen atoms in total. The number of hydrogen-bond donors (Lipinski definition) is 1. The van der Waals surface area contributed by atoms with Gasteiger partial charge >= 0.3 is 0 Å². The molecule has 0 radical (unpaired) electrons. The molecule has 1 heterocycles. The summed E-state index contributed by atoms with van der Waals surface area (Å²) in [7, 11) is 1.69. The van der Waals surface area contributed by atoms with E-state index in [4.69, 9.17) is 17.0 Å². The van der Waals surface area contributed by atoms with Crippen molar-refractivity contribution in [3.63, 3.8) is 0 Å². The minimum absolute atomic E-state index is 0.415. The summed E-state index contributed by atoms with van der Waals surface area (Å²) in [4.78, 5) is 3.27. The summed E-state index contributed by atoms with van der Waals surface area (Å²) in [5, 5.41) is 0. The second-order valence-corrected chi connectivity index (χ2v) is 5.29. The SMILES string of the molecule is CCC(C(C)C)n1c(=S)[nH]c2ccc(OC)cc21. The van der Waals surface area contributed by atoms with Crippen molar-refractivity contribution in [1.82, 2.24) is 9.55 Å². The van der Waals surface area contributed by atoms with Gasteiger partial charge < -0.3 is 14.3 Å². The Morgan fingerprint density at radius 1 is 1.39 bits per heavy atom. The summed E-state index contributed by atoms with van der Waals surface area (Å²) in [6, 6.07) is 6.44. The van der Waals surface area contributed by atoms with Crippen LogP contribution < -0.4 is 4.74 Å². The third-order valence-electron chi connectivity index (χ3n) is 3.44. The number of methoxy groups -OCH3 is 1. The van der Waals surface area contributed by atoms with Crippen LogP contribution in [0.5, 0.6) is 5.75 Å². The second kappa shape index (κ2) is 5.14. The number of nitrogens with zero attached hydrogens (tertiary/aromatic N) is 1. The van der Waals surface area contributed by atoms with Gasteiger partial charge in [-0.05, 0) is 36.7 Å². The Bertz CT molecular complexity index is 597. The van der Waals surface area contributed by atoms with E-state index in [9.17, 15) is 0 Å². The lowest BCUT2D eigenvalue weighted by atomic mass is 10.0. The van der Waals surface area contributed by atoms with Crippen molar-refractivity contribution >= 4 is 23.3 Å². The van der Waals surface area contributed by atoms with Gasteiger partial charge in [0.15, 0.2) is 4.77 Å². The molecule has 4 heteroatoms. The van der Waals surface area contributed by atoms with Crippen LogP contribution >= 0.6 is 12.2 Å². The molecular weight excluding hydrogens is 244 g/mol. The first-order valence-corrected chi connectivity index (χ1v) is 6.77. The van der Waals surface area contributed by atoms with Crippen LogP contribution in [0.1, 0.15) is 33.2 Å². The predicted octanol–water partition coefficient (Wildman–Crippen LogP) is 4.31. The molecule has 0 fully saturated rings. The monoisotopic (exact) mass is 264 g/mol. The summed E-state index contributed by atoms with van der Waals surface area (Å²) in [5.74, 6) is 1.41. The molecule has 2 rings (SSSR count). The standard InChI is InChI=1S/C14H20N2OS/c1-5-12(9(2)3)16-13-8-10(17-4)6-7-11(13)15-14(16)18/h6-9,12H,5H2,1-4H3,(H,15,18). The minimum Gasteiger partial charge on any atom is -0.497 e. The van der Waals surface area contributed by atoms with Crippen molar-refractivity contribution in [2.75, 3.05) is 7.11 Å². The quantitative estimate of drug-likeness (QED) is 0.834. The molecule has 0 aliphatic carbocycles. The molecule has 0 saturated heterocycles. The maximum absolute atomic E-state index is 5.46. The van der Waals surface area contributed by atoms with E-state index in [0.717, 1.165) is 28.0 Å². The van der Waals surface area contributed by atoms with E-state index >= 15 is 0 Å². The molecule has 1 aromatic heterocycles. The number of benzene rings is 1. The molecule has 0 amide bonds. The molecule has 98 valence electrons. The smallest absolute Gasteiger partial charge is 0.178 e. The number of ether oxygens (including phenoxy) is 1. The zero-order valence-corrected chi connectivity index (χ0v) is 12.2. The van der Waals surface area contributed by atoms with Crippen LogP contribution in [0.3, 0.4) is 0 Å². The first-order chi connectivity index (χ1) is 8.58. The first-order valence-electron chi connectivity index (χ1n) is 6.36. The Kier molecular flexibility index (Phi) is 3.76. The summed E-state index contributed by atoms with van der Waals surface area (Å²) in [5.41, 5.74) is 2.19. The van der Waals surface area contributed by atoms with Gasteiger partial charge in [0.25, 0.3) is 0 Å². The van der Waals surface area contributed by atoms with Gasteiger partial charge in [0, 0.05) is 12.1 Å². The summed E-state index contributed by atoms with van der Waals surface area (Å²) < 4.78 is 8.31. The van der Waals surface area contributed by atoms with E-state index < -0.39 is 0 Å². The number of nitrogens with one attached hydrogen (secondary N) is 1. The van der Waals surface area contributed by atoms with E-state index in [1.165, 1.54) is 0 Å². The van der Waals surface area contributed by atoms with Gasteiger partial charge in [-0.3, -0.25) is 0 Å². The Labute approximate surface area is 113 Å². The van der Waals surface area contributed by atoms with E-state index in [1.54, 1.807) is 7.11 Å². The van der Waals surface area contributed by atoms with Crippen LogP contribution in [0.15, 0.2) is 18.2 Å². The second-order valence-electron chi connectivity index (χ2n) is 4.90. The van der Waals surface area contributed by atoms with E-state index in [-0.39, 0.29) is 0 Å². The molecule has 0 aliphatic heterocycles. The normalized spacial score (nSPS) is 13.2. The number of aromatic nitrogens is 2. The van der Waals surface area contributed by atoms with E-state index in [0.29, 0.717) is 12.0 Å². The fraction of sp³-hybridized carbons (Fsp3) is 0.500. The highest BCUT2D eigenvalue weighted by atomic mass is 32.1. The van der Waals surface area contributed by atoms with Gasteiger partial charge in [0.2, 0.25) is 0 Å². The average molecular weight is 264 g/mol. The lowest BCUT2D eigenvalue weighted by Gasteiger charge is -2.21. The van der Waals surface area contributed by atoms with Gasteiger partial charge in [0.1, 0.15) is 5.75 Å². The Morgan fingerprint density at radius 2 is 2.11 bits per heavy atom. The number of rotatable bonds is 4. The highest BCUT2D eigenvalue weighted by Crippen LogP contribution is 2.29. The number of hydrogen-bond acceptors (Lipinski definition) is 2. The Morgan fingerprint density at radius 3 is 2.67 bits per heavy atom. The predicted molar refractivity (Wildman–Crippen MR) is 77.8 cm³/mol. The third kappa shape index (κ3) is 2.17. The third-order valence-corrected chi connectivity index (χ3v) is 3.74. The van der Waals surface area contributed by atoms with Gasteiger partial charge in [-0.25, -0.2) is 0 Å². The molecule has 0 spiro atoms. The van der Waals surface area contributed by atoms with Crippen molar-refractivity contribution < 1.29 is 4.74 Å². The zero-order valence-electron chi connectivity index (χ0n) is 11.4. The Hall–Kier alpha value is -1.29. The van der Waals surface area contributed by atoms with Gasteiger partial charge in [-0.1, -0.05) is 20.8 Å². The van der Waals surface area contributed by atoms with Crippen molar-refractivity contribution in [3.8, 4) is 5.75 Å². The average Bonchev–Trinajstić information content (AvgIpc) is 2.66. The summed E-state index contributed by atoms with van der Waals surface area (Å²) in [6.07, 6.45) is 1.07. The van der Waals surface area contributed by atoms with E-state index in [2.05, 4.69) is 30.3 Å². The molecule has 18 heavy (non-hydrogen) atoms. The molecule has 1 N–H and O–H groups in total. The topological polar surface area (TPSA) is 29.9 Å². The van der Waals surface area contributed by atoms with Crippen LogP contribution in [0, 0.1) is 10.7 Å². The maximum atomic E-state index is 5.46. The zero-order chi connectivity index (χ0) is 13.3. The minimum atomic E-state index is 0.415. The summed E-state index contributed by atoms with van der Waals surface area (Å²) >= 11 is 5.46. The van der Waals surface area contributed by atoms with Crippen LogP contribution in [-0.2, 0) is 0 Å². The van der Waals surface area contributed by atoms with Crippen molar-refractivity contribution in [1.29, 1.82) is 0 Å².